The molecule has 1 aromatic heterocycles. The first-order chi connectivity index (χ1) is 8.34. The Labute approximate surface area is 99.4 Å². The first kappa shape index (κ1) is 11.1. The van der Waals surface area contributed by atoms with Gasteiger partial charge in [-0.1, -0.05) is 30.3 Å². The normalized spacial score (nSPS) is 10.6. The van der Waals surface area contributed by atoms with Gasteiger partial charge in [-0.05, 0) is 17.7 Å². The molecule has 0 aliphatic carbocycles. The summed E-state index contributed by atoms with van der Waals surface area (Å²) < 4.78 is 0. The van der Waals surface area contributed by atoms with Crippen molar-refractivity contribution >= 4 is 12.1 Å². The second-order valence-electron chi connectivity index (χ2n) is 3.58. The van der Waals surface area contributed by atoms with Gasteiger partial charge in [0, 0.05) is 6.20 Å². The average molecular weight is 227 g/mol. The van der Waals surface area contributed by atoms with Crippen LogP contribution in [-0.4, -0.2) is 17.1 Å². The zero-order chi connectivity index (χ0) is 11.9. The van der Waals surface area contributed by atoms with Gasteiger partial charge in [0.25, 0.3) is 0 Å². The third-order valence-electron chi connectivity index (χ3n) is 2.22. The summed E-state index contributed by atoms with van der Waals surface area (Å²) >= 11 is 0. The van der Waals surface area contributed by atoms with Crippen LogP contribution in [0.25, 0.3) is 0 Å². The highest BCUT2D eigenvalue weighted by molar-refractivity contribution is 5.82. The van der Waals surface area contributed by atoms with Crippen molar-refractivity contribution < 1.29 is 4.79 Å². The molecule has 86 valence electrons. The van der Waals surface area contributed by atoms with E-state index in [9.17, 15) is 4.79 Å². The number of rotatable bonds is 4. The summed E-state index contributed by atoms with van der Waals surface area (Å²) in [5.74, 6) is -0.126. The van der Waals surface area contributed by atoms with Crippen LogP contribution < -0.4 is 5.43 Å². The summed E-state index contributed by atoms with van der Waals surface area (Å²) in [5, 5.41) is 3.85. The molecule has 1 amide bonds. The van der Waals surface area contributed by atoms with E-state index in [2.05, 4.69) is 15.5 Å². The number of amides is 1. The Balaban J connectivity index is 1.82. The lowest BCUT2D eigenvalue weighted by molar-refractivity contribution is -0.120. The topological polar surface area (TPSA) is 57.2 Å². The molecule has 0 saturated heterocycles. The van der Waals surface area contributed by atoms with Crippen LogP contribution in [0.4, 0.5) is 0 Å². The van der Waals surface area contributed by atoms with Gasteiger partial charge < -0.3 is 4.98 Å². The molecule has 1 aromatic carbocycles. The minimum absolute atomic E-state index is 0.126. The van der Waals surface area contributed by atoms with Crippen molar-refractivity contribution in [1.82, 2.24) is 10.4 Å². The fourth-order valence-corrected chi connectivity index (χ4v) is 1.42. The van der Waals surface area contributed by atoms with E-state index < -0.39 is 0 Å². The van der Waals surface area contributed by atoms with E-state index in [0.717, 1.165) is 11.3 Å². The first-order valence-electron chi connectivity index (χ1n) is 5.34. The van der Waals surface area contributed by atoms with Gasteiger partial charge in [0.2, 0.25) is 5.91 Å². The molecule has 0 aliphatic rings. The van der Waals surface area contributed by atoms with Gasteiger partial charge >= 0.3 is 0 Å². The van der Waals surface area contributed by atoms with Gasteiger partial charge in [-0.3, -0.25) is 4.79 Å². The molecule has 0 spiro atoms. The van der Waals surface area contributed by atoms with Crippen molar-refractivity contribution in [2.75, 3.05) is 0 Å². The fourth-order valence-electron chi connectivity index (χ4n) is 1.42. The lowest BCUT2D eigenvalue weighted by atomic mass is 10.1. The van der Waals surface area contributed by atoms with Crippen molar-refractivity contribution in [2.24, 2.45) is 5.10 Å². The molecule has 0 aliphatic heterocycles. The molecule has 0 fully saturated rings. The highest BCUT2D eigenvalue weighted by Crippen LogP contribution is 1.98. The van der Waals surface area contributed by atoms with Gasteiger partial charge in [0.05, 0.1) is 18.3 Å². The van der Waals surface area contributed by atoms with Crippen LogP contribution in [-0.2, 0) is 11.2 Å². The Kier molecular flexibility index (Phi) is 3.70. The Morgan fingerprint density at radius 2 is 2.06 bits per heavy atom. The number of hydrazone groups is 1. The molecule has 0 atom stereocenters. The molecule has 0 radical (unpaired) electrons. The van der Waals surface area contributed by atoms with Crippen molar-refractivity contribution in [2.45, 2.75) is 6.42 Å². The third-order valence-corrected chi connectivity index (χ3v) is 2.22. The van der Waals surface area contributed by atoms with E-state index in [1.807, 2.05) is 42.5 Å². The second-order valence-corrected chi connectivity index (χ2v) is 3.58. The predicted octanol–water partition coefficient (Wildman–Crippen LogP) is 1.71. The SMILES string of the molecule is O=C(Cc1ccccc1)NN=Cc1ccc[nH]1. The van der Waals surface area contributed by atoms with Crippen LogP contribution >= 0.6 is 0 Å². The van der Waals surface area contributed by atoms with Crippen molar-refractivity contribution in [3.8, 4) is 0 Å². The van der Waals surface area contributed by atoms with Crippen LogP contribution in [0.1, 0.15) is 11.3 Å². The number of aromatic nitrogens is 1. The number of nitrogens with zero attached hydrogens (tertiary/aromatic N) is 1. The standard InChI is InChI=1S/C13H13N3O/c17-13(9-11-5-2-1-3-6-11)16-15-10-12-7-4-8-14-12/h1-8,10,14H,9H2,(H,16,17). The Morgan fingerprint density at radius 1 is 1.24 bits per heavy atom. The zero-order valence-corrected chi connectivity index (χ0v) is 9.26. The van der Waals surface area contributed by atoms with Gasteiger partial charge in [0.15, 0.2) is 0 Å². The van der Waals surface area contributed by atoms with Crippen LogP contribution in [0.5, 0.6) is 0 Å². The maximum Gasteiger partial charge on any atom is 0.244 e. The van der Waals surface area contributed by atoms with Crippen LogP contribution in [0.3, 0.4) is 0 Å². The molecule has 2 aromatic rings. The molecule has 0 unspecified atom stereocenters. The Bertz CT molecular complexity index is 489. The lowest BCUT2D eigenvalue weighted by Crippen LogP contribution is -2.19. The number of H-pyrrole nitrogens is 1. The quantitative estimate of drug-likeness (QED) is 0.606. The number of hydrogen-bond donors (Lipinski definition) is 2. The number of benzene rings is 1. The third kappa shape index (κ3) is 3.61. The molecular weight excluding hydrogens is 214 g/mol. The number of aromatic amines is 1. The average Bonchev–Trinajstić information content (AvgIpc) is 2.83. The number of hydrogen-bond acceptors (Lipinski definition) is 2. The molecule has 0 saturated carbocycles. The zero-order valence-electron chi connectivity index (χ0n) is 9.26. The van der Waals surface area contributed by atoms with E-state index in [1.54, 1.807) is 12.4 Å². The summed E-state index contributed by atoms with van der Waals surface area (Å²) in [6, 6.07) is 13.3. The summed E-state index contributed by atoms with van der Waals surface area (Å²) in [6.07, 6.45) is 3.71. The van der Waals surface area contributed by atoms with E-state index in [1.165, 1.54) is 0 Å². The van der Waals surface area contributed by atoms with Crippen LogP contribution in [0, 0.1) is 0 Å². The maximum absolute atomic E-state index is 11.5. The second kappa shape index (κ2) is 5.65. The minimum atomic E-state index is -0.126. The monoisotopic (exact) mass is 227 g/mol. The molecule has 2 N–H and O–H groups in total. The molecule has 1 heterocycles. The molecule has 4 heteroatoms. The molecule has 4 nitrogen and oxygen atoms in total. The minimum Gasteiger partial charge on any atom is -0.360 e. The summed E-state index contributed by atoms with van der Waals surface area (Å²) in [5.41, 5.74) is 4.30. The summed E-state index contributed by atoms with van der Waals surface area (Å²) in [6.45, 7) is 0. The number of carbonyl (C=O) groups is 1. The fraction of sp³-hybridized carbons (Fsp3) is 0.0769. The molecule has 2 rings (SSSR count). The van der Waals surface area contributed by atoms with Crippen LogP contribution in [0.2, 0.25) is 0 Å². The maximum atomic E-state index is 11.5. The molecule has 17 heavy (non-hydrogen) atoms. The Hall–Kier alpha value is -2.36. The number of nitrogens with one attached hydrogen (secondary N) is 2. The van der Waals surface area contributed by atoms with E-state index in [4.69, 9.17) is 0 Å². The number of carbonyl (C=O) groups excluding carboxylic acids is 1. The van der Waals surface area contributed by atoms with E-state index >= 15 is 0 Å². The van der Waals surface area contributed by atoms with Crippen molar-refractivity contribution in [3.63, 3.8) is 0 Å². The van der Waals surface area contributed by atoms with Crippen molar-refractivity contribution in [1.29, 1.82) is 0 Å². The molecular formula is C13H13N3O. The summed E-state index contributed by atoms with van der Waals surface area (Å²) in [4.78, 5) is 14.5. The first-order valence-corrected chi connectivity index (χ1v) is 5.34. The predicted molar refractivity (Wildman–Crippen MR) is 66.7 cm³/mol. The van der Waals surface area contributed by atoms with Gasteiger partial charge in [0.1, 0.15) is 0 Å². The smallest absolute Gasteiger partial charge is 0.244 e. The molecule has 0 bridgehead atoms. The summed E-state index contributed by atoms with van der Waals surface area (Å²) in [7, 11) is 0. The van der Waals surface area contributed by atoms with Gasteiger partial charge in [-0.2, -0.15) is 5.10 Å². The van der Waals surface area contributed by atoms with E-state index in [-0.39, 0.29) is 5.91 Å². The lowest BCUT2D eigenvalue weighted by Gasteiger charge is -1.99. The highest BCUT2D eigenvalue weighted by Gasteiger charge is 2.00. The van der Waals surface area contributed by atoms with Crippen molar-refractivity contribution in [3.05, 3.63) is 59.9 Å². The van der Waals surface area contributed by atoms with E-state index in [0.29, 0.717) is 6.42 Å². The van der Waals surface area contributed by atoms with Gasteiger partial charge in [-0.15, -0.1) is 0 Å². The van der Waals surface area contributed by atoms with Crippen LogP contribution in [0.15, 0.2) is 53.8 Å². The Morgan fingerprint density at radius 3 is 2.76 bits per heavy atom. The highest BCUT2D eigenvalue weighted by atomic mass is 16.2. The van der Waals surface area contributed by atoms with Gasteiger partial charge in [-0.25, -0.2) is 5.43 Å². The largest absolute Gasteiger partial charge is 0.360 e.